The molecule has 27 heavy (non-hydrogen) atoms. The minimum Gasteiger partial charge on any atom is -0.334 e. The molecule has 2 heterocycles. The Morgan fingerprint density at radius 3 is 2.44 bits per heavy atom. The summed E-state index contributed by atoms with van der Waals surface area (Å²) in [4.78, 5) is 14.3. The van der Waals surface area contributed by atoms with Crippen LogP contribution in [-0.2, 0) is 6.42 Å². The van der Waals surface area contributed by atoms with Crippen molar-refractivity contribution in [2.75, 3.05) is 23.4 Å². The van der Waals surface area contributed by atoms with Gasteiger partial charge in [-0.05, 0) is 50.5 Å². The SMILES string of the molecule is Cc1nc(N2CCc3ccccc3C2C)nc(N(C)c2ccccc2)c1C. The van der Waals surface area contributed by atoms with E-state index in [4.69, 9.17) is 9.97 Å². The normalized spacial score (nSPS) is 16.1. The Kier molecular flexibility index (Phi) is 4.56. The van der Waals surface area contributed by atoms with Crippen LogP contribution in [0.3, 0.4) is 0 Å². The topological polar surface area (TPSA) is 32.3 Å². The molecule has 1 atom stereocenters. The van der Waals surface area contributed by atoms with E-state index in [1.54, 1.807) is 0 Å². The molecule has 4 rings (SSSR count). The van der Waals surface area contributed by atoms with Gasteiger partial charge in [-0.15, -0.1) is 0 Å². The summed E-state index contributed by atoms with van der Waals surface area (Å²) in [6, 6.07) is 19.3. The van der Waals surface area contributed by atoms with Gasteiger partial charge in [-0.25, -0.2) is 4.98 Å². The second kappa shape index (κ2) is 7.03. The number of benzene rings is 2. The van der Waals surface area contributed by atoms with Crippen LogP contribution in [0.1, 0.15) is 35.3 Å². The molecule has 1 unspecified atom stereocenters. The average Bonchev–Trinajstić information content (AvgIpc) is 2.71. The van der Waals surface area contributed by atoms with Crippen LogP contribution < -0.4 is 9.80 Å². The van der Waals surface area contributed by atoms with Gasteiger partial charge in [-0.2, -0.15) is 4.98 Å². The summed E-state index contributed by atoms with van der Waals surface area (Å²) in [5.74, 6) is 1.78. The van der Waals surface area contributed by atoms with E-state index in [0.717, 1.165) is 41.7 Å². The second-order valence-corrected chi connectivity index (χ2v) is 7.27. The zero-order valence-electron chi connectivity index (χ0n) is 16.5. The minimum atomic E-state index is 0.270. The molecule has 0 bridgehead atoms. The summed E-state index contributed by atoms with van der Waals surface area (Å²) in [5.41, 5.74) is 6.09. The Labute approximate surface area is 161 Å². The van der Waals surface area contributed by atoms with Crippen molar-refractivity contribution in [1.82, 2.24) is 9.97 Å². The van der Waals surface area contributed by atoms with Gasteiger partial charge in [0.1, 0.15) is 5.82 Å². The molecule has 138 valence electrons. The van der Waals surface area contributed by atoms with Gasteiger partial charge >= 0.3 is 0 Å². The third kappa shape index (κ3) is 3.16. The summed E-state index contributed by atoms with van der Waals surface area (Å²) in [6.07, 6.45) is 1.03. The maximum Gasteiger partial charge on any atom is 0.228 e. The Hall–Kier alpha value is -2.88. The van der Waals surface area contributed by atoms with E-state index in [1.807, 2.05) is 6.07 Å². The first-order valence-corrected chi connectivity index (χ1v) is 9.54. The maximum absolute atomic E-state index is 5.00. The predicted octanol–water partition coefficient (Wildman–Crippen LogP) is 4.99. The molecule has 0 amide bonds. The number of fused-ring (bicyclic) bond motifs is 1. The van der Waals surface area contributed by atoms with E-state index >= 15 is 0 Å². The number of aryl methyl sites for hydroxylation is 1. The zero-order chi connectivity index (χ0) is 19.0. The standard InChI is InChI=1S/C23H26N4/c1-16-17(2)24-23(25-22(16)26(4)20-11-6-5-7-12-20)27-15-14-19-10-8-9-13-21(19)18(27)3/h5-13,18H,14-15H2,1-4H3. The average molecular weight is 358 g/mol. The quantitative estimate of drug-likeness (QED) is 0.660. The number of para-hydroxylation sites is 1. The fourth-order valence-electron chi connectivity index (χ4n) is 3.87. The Balaban J connectivity index is 1.74. The summed E-state index contributed by atoms with van der Waals surface area (Å²) >= 11 is 0. The van der Waals surface area contributed by atoms with Crippen molar-refractivity contribution in [3.8, 4) is 0 Å². The van der Waals surface area contributed by atoms with Gasteiger partial charge in [-0.3, -0.25) is 0 Å². The zero-order valence-corrected chi connectivity index (χ0v) is 16.5. The lowest BCUT2D eigenvalue weighted by atomic mass is 9.94. The molecule has 4 nitrogen and oxygen atoms in total. The van der Waals surface area contributed by atoms with Gasteiger partial charge in [0.25, 0.3) is 0 Å². The van der Waals surface area contributed by atoms with Gasteiger partial charge in [-0.1, -0.05) is 42.5 Å². The van der Waals surface area contributed by atoms with Gasteiger partial charge in [0, 0.05) is 30.5 Å². The first-order valence-electron chi connectivity index (χ1n) is 9.54. The Morgan fingerprint density at radius 1 is 0.963 bits per heavy atom. The molecule has 2 aromatic carbocycles. The fraction of sp³-hybridized carbons (Fsp3) is 0.304. The van der Waals surface area contributed by atoms with E-state index < -0.39 is 0 Å². The molecule has 1 aromatic heterocycles. The summed E-state index contributed by atoms with van der Waals surface area (Å²) in [7, 11) is 2.07. The molecular weight excluding hydrogens is 332 g/mol. The Bertz CT molecular complexity index is 952. The molecular formula is C23H26N4. The number of hydrogen-bond donors (Lipinski definition) is 0. The van der Waals surface area contributed by atoms with E-state index in [9.17, 15) is 0 Å². The lowest BCUT2D eigenvalue weighted by Crippen LogP contribution is -2.35. The summed E-state index contributed by atoms with van der Waals surface area (Å²) in [5, 5.41) is 0. The number of anilines is 3. The van der Waals surface area contributed by atoms with Crippen molar-refractivity contribution in [2.45, 2.75) is 33.2 Å². The third-order valence-corrected chi connectivity index (χ3v) is 5.66. The predicted molar refractivity (Wildman–Crippen MR) is 112 cm³/mol. The van der Waals surface area contributed by atoms with Gasteiger partial charge < -0.3 is 9.80 Å². The van der Waals surface area contributed by atoms with Crippen LogP contribution >= 0.6 is 0 Å². The van der Waals surface area contributed by atoms with Crippen molar-refractivity contribution in [3.05, 3.63) is 77.0 Å². The monoisotopic (exact) mass is 358 g/mol. The van der Waals surface area contributed by atoms with Crippen molar-refractivity contribution in [2.24, 2.45) is 0 Å². The van der Waals surface area contributed by atoms with E-state index in [1.165, 1.54) is 11.1 Å². The lowest BCUT2D eigenvalue weighted by Gasteiger charge is -2.36. The molecule has 0 fully saturated rings. The van der Waals surface area contributed by atoms with E-state index in [2.05, 4.69) is 86.1 Å². The number of nitrogens with zero attached hydrogens (tertiary/aromatic N) is 4. The molecule has 0 aliphatic carbocycles. The van der Waals surface area contributed by atoms with Crippen molar-refractivity contribution in [1.29, 1.82) is 0 Å². The highest BCUT2D eigenvalue weighted by atomic mass is 15.3. The van der Waals surface area contributed by atoms with Gasteiger partial charge in [0.05, 0.1) is 6.04 Å². The van der Waals surface area contributed by atoms with Gasteiger partial charge in [0.15, 0.2) is 0 Å². The molecule has 1 aliphatic rings. The summed E-state index contributed by atoms with van der Waals surface area (Å²) in [6.45, 7) is 7.36. The number of aromatic nitrogens is 2. The number of hydrogen-bond acceptors (Lipinski definition) is 4. The van der Waals surface area contributed by atoms with Crippen LogP contribution in [0.4, 0.5) is 17.5 Å². The minimum absolute atomic E-state index is 0.270. The van der Waals surface area contributed by atoms with Crippen molar-refractivity contribution in [3.63, 3.8) is 0 Å². The molecule has 0 radical (unpaired) electrons. The first kappa shape index (κ1) is 17.5. The molecule has 0 saturated carbocycles. The highest BCUT2D eigenvalue weighted by Gasteiger charge is 2.26. The summed E-state index contributed by atoms with van der Waals surface area (Å²) < 4.78 is 0. The molecule has 3 aromatic rings. The molecule has 0 N–H and O–H groups in total. The van der Waals surface area contributed by atoms with Crippen LogP contribution in [0.25, 0.3) is 0 Å². The second-order valence-electron chi connectivity index (χ2n) is 7.27. The third-order valence-electron chi connectivity index (χ3n) is 5.66. The smallest absolute Gasteiger partial charge is 0.228 e. The molecule has 0 spiro atoms. The van der Waals surface area contributed by atoms with Gasteiger partial charge in [0.2, 0.25) is 5.95 Å². The Morgan fingerprint density at radius 2 is 1.67 bits per heavy atom. The maximum atomic E-state index is 5.00. The van der Waals surface area contributed by atoms with E-state index in [-0.39, 0.29) is 6.04 Å². The van der Waals surface area contributed by atoms with E-state index in [0.29, 0.717) is 0 Å². The molecule has 0 saturated heterocycles. The van der Waals surface area contributed by atoms with Crippen molar-refractivity contribution < 1.29 is 0 Å². The van der Waals surface area contributed by atoms with Crippen LogP contribution in [-0.4, -0.2) is 23.6 Å². The lowest BCUT2D eigenvalue weighted by molar-refractivity contribution is 0.607. The molecule has 4 heteroatoms. The number of rotatable bonds is 3. The van der Waals surface area contributed by atoms with Crippen LogP contribution in [0.5, 0.6) is 0 Å². The van der Waals surface area contributed by atoms with Crippen molar-refractivity contribution >= 4 is 17.5 Å². The van der Waals surface area contributed by atoms with Crippen LogP contribution in [0.2, 0.25) is 0 Å². The highest BCUT2D eigenvalue weighted by Crippen LogP contribution is 2.34. The fourth-order valence-corrected chi connectivity index (χ4v) is 3.87. The highest BCUT2D eigenvalue weighted by molar-refractivity contribution is 5.64. The molecule has 1 aliphatic heterocycles. The first-order chi connectivity index (χ1) is 13.1. The largest absolute Gasteiger partial charge is 0.334 e. The van der Waals surface area contributed by atoms with Crippen LogP contribution in [0, 0.1) is 13.8 Å². The van der Waals surface area contributed by atoms with Crippen LogP contribution in [0.15, 0.2) is 54.6 Å².